The molecule has 2 aromatic carbocycles. The number of benzene rings is 2. The summed E-state index contributed by atoms with van der Waals surface area (Å²) in [5.74, 6) is -0.948. The third-order valence-electron chi connectivity index (χ3n) is 4.41. The van der Waals surface area contributed by atoms with Gasteiger partial charge in [0.05, 0.1) is 0 Å². The van der Waals surface area contributed by atoms with E-state index in [2.05, 4.69) is 10.3 Å². The molecule has 7 heteroatoms. The quantitative estimate of drug-likeness (QED) is 0.596. The predicted octanol–water partition coefficient (Wildman–Crippen LogP) is 2.87. The summed E-state index contributed by atoms with van der Waals surface area (Å²) >= 11 is 6.02. The lowest BCUT2D eigenvalue weighted by molar-refractivity contribution is -0.123. The molecule has 28 heavy (non-hydrogen) atoms. The van der Waals surface area contributed by atoms with Crippen LogP contribution in [0.2, 0.25) is 5.02 Å². The van der Waals surface area contributed by atoms with Crippen LogP contribution in [0.25, 0.3) is 0 Å². The number of carbonyl (C=O) groups excluding carboxylic acids is 2. The minimum Gasteiger partial charge on any atom is -0.368 e. The van der Waals surface area contributed by atoms with Crippen molar-refractivity contribution in [3.63, 3.8) is 0 Å². The number of primary amides is 1. The van der Waals surface area contributed by atoms with E-state index < -0.39 is 11.4 Å². The number of aromatic nitrogens is 1. The van der Waals surface area contributed by atoms with Crippen molar-refractivity contribution in [3.05, 3.63) is 94.8 Å². The standard InChI is InChI=1S/C21H19ClN4O2/c22-17-3-1-2-14(12-17)13-21(24,20(23)28)16-6-4-15(5-7-16)19(27)26-18-8-10-25-11-9-18/h1-12H,13,24H2,(H2,23,28)(H,25,26,27). The maximum absolute atomic E-state index is 12.4. The van der Waals surface area contributed by atoms with Crippen molar-refractivity contribution in [2.45, 2.75) is 12.0 Å². The average Bonchev–Trinajstić information content (AvgIpc) is 2.68. The lowest BCUT2D eigenvalue weighted by Gasteiger charge is -2.27. The SMILES string of the molecule is NC(=O)C(N)(Cc1cccc(Cl)c1)c1ccc(C(=O)Nc2ccncc2)cc1. The van der Waals surface area contributed by atoms with Gasteiger partial charge in [0.25, 0.3) is 5.91 Å². The number of pyridine rings is 1. The molecule has 0 fully saturated rings. The highest BCUT2D eigenvalue weighted by atomic mass is 35.5. The number of anilines is 1. The van der Waals surface area contributed by atoms with Crippen molar-refractivity contribution in [1.29, 1.82) is 0 Å². The second-order valence-electron chi connectivity index (χ2n) is 6.41. The minimum atomic E-state index is -1.43. The fraction of sp³-hybridized carbons (Fsp3) is 0.0952. The summed E-state index contributed by atoms with van der Waals surface area (Å²) in [6, 6.07) is 17.0. The summed E-state index contributed by atoms with van der Waals surface area (Å²) in [6.07, 6.45) is 3.36. The van der Waals surface area contributed by atoms with E-state index in [9.17, 15) is 9.59 Å². The zero-order valence-corrected chi connectivity index (χ0v) is 15.7. The van der Waals surface area contributed by atoms with E-state index in [1.54, 1.807) is 67.0 Å². The van der Waals surface area contributed by atoms with Crippen LogP contribution in [0.5, 0.6) is 0 Å². The van der Waals surface area contributed by atoms with Crippen molar-refractivity contribution >= 4 is 29.1 Å². The lowest BCUT2D eigenvalue weighted by Crippen LogP contribution is -2.50. The van der Waals surface area contributed by atoms with E-state index in [4.69, 9.17) is 23.1 Å². The average molecular weight is 395 g/mol. The molecule has 1 aromatic heterocycles. The van der Waals surface area contributed by atoms with Crippen molar-refractivity contribution in [1.82, 2.24) is 4.98 Å². The Balaban J connectivity index is 1.82. The summed E-state index contributed by atoms with van der Waals surface area (Å²) in [6.45, 7) is 0. The van der Waals surface area contributed by atoms with Crippen molar-refractivity contribution in [2.24, 2.45) is 11.5 Å². The number of hydrogen-bond acceptors (Lipinski definition) is 4. The number of carbonyl (C=O) groups is 2. The Morgan fingerprint density at radius 1 is 1.04 bits per heavy atom. The Labute approximate surface area is 167 Å². The van der Waals surface area contributed by atoms with E-state index in [1.807, 2.05) is 6.07 Å². The second-order valence-corrected chi connectivity index (χ2v) is 6.85. The predicted molar refractivity (Wildman–Crippen MR) is 109 cm³/mol. The Bertz CT molecular complexity index is 993. The molecule has 0 saturated carbocycles. The maximum Gasteiger partial charge on any atom is 0.255 e. The van der Waals surface area contributed by atoms with Crippen LogP contribution < -0.4 is 16.8 Å². The molecule has 0 spiro atoms. The molecule has 0 aliphatic rings. The Hall–Kier alpha value is -3.22. The first-order chi connectivity index (χ1) is 13.4. The highest BCUT2D eigenvalue weighted by Crippen LogP contribution is 2.25. The van der Waals surface area contributed by atoms with Crippen LogP contribution >= 0.6 is 11.6 Å². The molecule has 3 rings (SSSR count). The van der Waals surface area contributed by atoms with Crippen LogP contribution in [-0.4, -0.2) is 16.8 Å². The van der Waals surface area contributed by atoms with Gasteiger partial charge in [-0.3, -0.25) is 14.6 Å². The molecular weight excluding hydrogens is 376 g/mol. The maximum atomic E-state index is 12.4. The topological polar surface area (TPSA) is 111 Å². The Kier molecular flexibility index (Phi) is 5.73. The number of nitrogens with two attached hydrogens (primary N) is 2. The van der Waals surface area contributed by atoms with E-state index in [0.29, 0.717) is 21.8 Å². The summed E-state index contributed by atoms with van der Waals surface area (Å²) in [7, 11) is 0. The van der Waals surface area contributed by atoms with Gasteiger partial charge in [0, 0.05) is 35.1 Å². The summed E-state index contributed by atoms with van der Waals surface area (Å²) < 4.78 is 0. The molecule has 1 atom stereocenters. The van der Waals surface area contributed by atoms with Crippen molar-refractivity contribution < 1.29 is 9.59 Å². The van der Waals surface area contributed by atoms with Crippen LogP contribution in [0.3, 0.4) is 0 Å². The zero-order chi connectivity index (χ0) is 20.1. The molecular formula is C21H19ClN4O2. The summed E-state index contributed by atoms with van der Waals surface area (Å²) in [4.78, 5) is 28.4. The number of nitrogens with zero attached hydrogens (tertiary/aromatic N) is 1. The van der Waals surface area contributed by atoms with Crippen LogP contribution in [0.15, 0.2) is 73.1 Å². The van der Waals surface area contributed by atoms with Crippen LogP contribution in [0.1, 0.15) is 21.5 Å². The number of hydrogen-bond donors (Lipinski definition) is 3. The Morgan fingerprint density at radius 3 is 2.32 bits per heavy atom. The van der Waals surface area contributed by atoms with Crippen molar-refractivity contribution in [2.75, 3.05) is 5.32 Å². The number of nitrogens with one attached hydrogen (secondary N) is 1. The van der Waals surface area contributed by atoms with Crippen LogP contribution in [0, 0.1) is 0 Å². The molecule has 2 amide bonds. The zero-order valence-electron chi connectivity index (χ0n) is 14.9. The van der Waals surface area contributed by atoms with Gasteiger partial charge in [0.15, 0.2) is 0 Å². The second kappa shape index (κ2) is 8.21. The number of rotatable bonds is 6. The first-order valence-electron chi connectivity index (χ1n) is 8.53. The lowest BCUT2D eigenvalue weighted by atomic mass is 9.83. The first-order valence-corrected chi connectivity index (χ1v) is 8.91. The van der Waals surface area contributed by atoms with Gasteiger partial charge in [-0.1, -0.05) is 35.9 Å². The van der Waals surface area contributed by atoms with Crippen molar-refractivity contribution in [3.8, 4) is 0 Å². The monoisotopic (exact) mass is 394 g/mol. The van der Waals surface area contributed by atoms with Crippen LogP contribution in [-0.2, 0) is 16.8 Å². The fourth-order valence-electron chi connectivity index (χ4n) is 2.86. The molecule has 6 nitrogen and oxygen atoms in total. The molecule has 1 heterocycles. The number of halogens is 1. The smallest absolute Gasteiger partial charge is 0.255 e. The third-order valence-corrected chi connectivity index (χ3v) is 4.65. The largest absolute Gasteiger partial charge is 0.368 e. The van der Waals surface area contributed by atoms with E-state index in [1.165, 1.54) is 0 Å². The van der Waals surface area contributed by atoms with E-state index >= 15 is 0 Å². The van der Waals surface area contributed by atoms with Gasteiger partial charge >= 0.3 is 0 Å². The van der Waals surface area contributed by atoms with Gasteiger partial charge in [-0.05, 0) is 47.5 Å². The third kappa shape index (κ3) is 4.36. The van der Waals surface area contributed by atoms with Gasteiger partial charge in [0.2, 0.25) is 5.91 Å². The van der Waals surface area contributed by atoms with Gasteiger partial charge in [-0.15, -0.1) is 0 Å². The normalized spacial score (nSPS) is 12.8. The van der Waals surface area contributed by atoms with E-state index in [0.717, 1.165) is 5.56 Å². The molecule has 0 saturated heterocycles. The first kappa shape index (κ1) is 19.5. The van der Waals surface area contributed by atoms with Gasteiger partial charge in [0.1, 0.15) is 5.54 Å². The molecule has 0 aliphatic heterocycles. The number of amides is 2. The molecule has 142 valence electrons. The minimum absolute atomic E-state index is 0.186. The van der Waals surface area contributed by atoms with Crippen LogP contribution in [0.4, 0.5) is 5.69 Å². The fourth-order valence-corrected chi connectivity index (χ4v) is 3.07. The Morgan fingerprint density at radius 2 is 1.71 bits per heavy atom. The molecule has 0 aliphatic carbocycles. The summed E-state index contributed by atoms with van der Waals surface area (Å²) in [5, 5.41) is 3.32. The molecule has 0 radical (unpaired) electrons. The molecule has 1 unspecified atom stereocenters. The highest BCUT2D eigenvalue weighted by molar-refractivity contribution is 6.30. The van der Waals surface area contributed by atoms with Gasteiger partial charge in [-0.2, -0.15) is 0 Å². The van der Waals surface area contributed by atoms with Gasteiger partial charge < -0.3 is 16.8 Å². The van der Waals surface area contributed by atoms with E-state index in [-0.39, 0.29) is 12.3 Å². The summed E-state index contributed by atoms with van der Waals surface area (Å²) in [5.41, 5.74) is 12.9. The molecule has 5 N–H and O–H groups in total. The highest BCUT2D eigenvalue weighted by Gasteiger charge is 2.34. The molecule has 0 bridgehead atoms. The molecule has 3 aromatic rings. The van der Waals surface area contributed by atoms with Gasteiger partial charge in [-0.25, -0.2) is 0 Å².